The molecule has 4 heterocycles. The van der Waals surface area contributed by atoms with E-state index in [1.165, 1.54) is 29.5 Å². The van der Waals surface area contributed by atoms with Gasteiger partial charge in [-0.1, -0.05) is 17.8 Å². The molecule has 1 aliphatic heterocycles. The lowest BCUT2D eigenvalue weighted by molar-refractivity contribution is -0.391. The molecule has 0 aromatic carbocycles. The Morgan fingerprint density at radius 3 is 3.04 bits per heavy atom. The monoisotopic (exact) mass is 415 g/mol. The van der Waals surface area contributed by atoms with Crippen molar-refractivity contribution in [3.63, 3.8) is 0 Å². The van der Waals surface area contributed by atoms with E-state index in [4.69, 9.17) is 0 Å². The molecule has 0 radical (unpaired) electrons. The largest absolute Gasteiger partial charge is 0.339 e. The minimum absolute atomic E-state index is 0.0569. The number of H-pyrrole nitrogens is 1. The van der Waals surface area contributed by atoms with E-state index in [1.54, 1.807) is 4.57 Å². The molecular weight excluding hydrogens is 392 g/mol. The lowest BCUT2D eigenvalue weighted by Crippen LogP contribution is -2.43. The average Bonchev–Trinajstić information content (AvgIpc) is 3.18. The molecule has 1 amide bonds. The number of thiophene rings is 1. The van der Waals surface area contributed by atoms with Gasteiger partial charge in [-0.2, -0.15) is 0 Å². The summed E-state index contributed by atoms with van der Waals surface area (Å²) in [5.74, 6) is 0.417. The van der Waals surface area contributed by atoms with E-state index in [0.717, 1.165) is 25.1 Å². The van der Waals surface area contributed by atoms with Crippen LogP contribution in [0.2, 0.25) is 0 Å². The van der Waals surface area contributed by atoms with E-state index in [9.17, 15) is 9.59 Å². The smallest absolute Gasteiger partial charge is 0.272 e. The van der Waals surface area contributed by atoms with Crippen molar-refractivity contribution in [3.05, 3.63) is 51.9 Å². The summed E-state index contributed by atoms with van der Waals surface area (Å²) in [6.45, 7) is 3.33. The molecule has 3 aromatic rings. The number of aromatic nitrogens is 3. The number of aromatic amines is 1. The first kappa shape index (κ1) is 19.1. The summed E-state index contributed by atoms with van der Waals surface area (Å²) >= 11 is 2.76. The van der Waals surface area contributed by atoms with Crippen LogP contribution in [0.15, 0.2) is 45.8 Å². The molecule has 3 aromatic heterocycles. The second-order valence-electron chi connectivity index (χ2n) is 7.03. The predicted molar refractivity (Wildman–Crippen MR) is 112 cm³/mol. The molecule has 28 heavy (non-hydrogen) atoms. The maximum absolute atomic E-state index is 13.0. The van der Waals surface area contributed by atoms with Gasteiger partial charge in [-0.15, -0.1) is 11.3 Å². The van der Waals surface area contributed by atoms with Crippen molar-refractivity contribution in [3.8, 4) is 0 Å². The highest BCUT2D eigenvalue weighted by atomic mass is 32.2. The summed E-state index contributed by atoms with van der Waals surface area (Å²) in [5.41, 5.74) is 1.56. The number of carbonyl (C=O) groups excluding carboxylic acids is 1. The van der Waals surface area contributed by atoms with Crippen molar-refractivity contribution >= 4 is 39.2 Å². The number of rotatable bonds is 5. The molecule has 0 aliphatic carbocycles. The normalized spacial score (nSPS) is 17.2. The molecule has 1 N–H and O–H groups in total. The van der Waals surface area contributed by atoms with Crippen molar-refractivity contribution in [1.29, 1.82) is 0 Å². The van der Waals surface area contributed by atoms with E-state index in [1.807, 2.05) is 40.7 Å². The van der Waals surface area contributed by atoms with Crippen LogP contribution in [0.5, 0.6) is 0 Å². The maximum atomic E-state index is 13.0. The van der Waals surface area contributed by atoms with Crippen molar-refractivity contribution in [2.24, 2.45) is 0 Å². The van der Waals surface area contributed by atoms with Gasteiger partial charge in [-0.25, -0.2) is 9.97 Å². The Kier molecular flexibility index (Phi) is 5.77. The van der Waals surface area contributed by atoms with Gasteiger partial charge < -0.3 is 4.90 Å². The van der Waals surface area contributed by atoms with Crippen LogP contribution in [0.1, 0.15) is 31.9 Å². The van der Waals surface area contributed by atoms with Crippen LogP contribution in [0.3, 0.4) is 0 Å². The Morgan fingerprint density at radius 1 is 1.36 bits per heavy atom. The van der Waals surface area contributed by atoms with E-state index in [2.05, 4.69) is 16.9 Å². The van der Waals surface area contributed by atoms with Gasteiger partial charge in [-0.3, -0.25) is 14.2 Å². The van der Waals surface area contributed by atoms with Gasteiger partial charge in [0.1, 0.15) is 11.2 Å². The summed E-state index contributed by atoms with van der Waals surface area (Å²) in [5, 5.41) is 2.47. The second kappa shape index (κ2) is 8.45. The minimum atomic E-state index is -0.0569. The Bertz CT molecular complexity index is 1030. The summed E-state index contributed by atoms with van der Waals surface area (Å²) < 4.78 is 2.32. The number of fused-ring (bicyclic) bond motifs is 1. The third-order valence-corrected chi connectivity index (χ3v) is 6.93. The van der Waals surface area contributed by atoms with E-state index in [0.29, 0.717) is 27.7 Å². The molecule has 0 bridgehead atoms. The Morgan fingerprint density at radius 2 is 2.25 bits per heavy atom. The summed E-state index contributed by atoms with van der Waals surface area (Å²) in [6.07, 6.45) is 5.14. The fourth-order valence-corrected chi connectivity index (χ4v) is 5.21. The number of hydrogen-bond acceptors (Lipinski definition) is 5. The van der Waals surface area contributed by atoms with Gasteiger partial charge in [0.25, 0.3) is 5.56 Å². The molecule has 1 unspecified atom stereocenters. The van der Waals surface area contributed by atoms with Crippen LogP contribution >= 0.6 is 23.1 Å². The highest BCUT2D eigenvalue weighted by Gasteiger charge is 2.24. The SMILES string of the molecule is CC1CCCCN1C(=O)CSc1nc2ccsc2c(=O)n1Cc1cccc[nH+]1. The Labute approximate surface area is 171 Å². The third kappa shape index (κ3) is 3.98. The molecule has 1 saturated heterocycles. The molecule has 6 nitrogen and oxygen atoms in total. The summed E-state index contributed by atoms with van der Waals surface area (Å²) in [4.78, 5) is 35.6. The quantitative estimate of drug-likeness (QED) is 0.475. The average molecular weight is 416 g/mol. The number of amides is 1. The Balaban J connectivity index is 1.61. The van der Waals surface area contributed by atoms with Gasteiger partial charge >= 0.3 is 0 Å². The molecule has 1 aliphatic rings. The molecule has 146 valence electrons. The van der Waals surface area contributed by atoms with Gasteiger partial charge in [0.15, 0.2) is 17.0 Å². The molecule has 0 saturated carbocycles. The van der Waals surface area contributed by atoms with Crippen LogP contribution in [0, 0.1) is 0 Å². The Hall–Kier alpha value is -2.19. The predicted octanol–water partition coefficient (Wildman–Crippen LogP) is 2.81. The second-order valence-corrected chi connectivity index (χ2v) is 8.89. The standard InChI is InChI=1S/C20H22N4O2S2/c1-14-6-3-5-10-23(14)17(25)13-28-20-22-16-8-11-27-18(16)19(26)24(20)12-15-7-2-4-9-21-15/h2,4,7-9,11,14H,3,5-6,10,12-13H2,1H3/p+1. The highest BCUT2D eigenvalue weighted by molar-refractivity contribution is 7.99. The first-order valence-corrected chi connectivity index (χ1v) is 11.4. The van der Waals surface area contributed by atoms with Crippen LogP contribution in [-0.4, -0.2) is 38.7 Å². The van der Waals surface area contributed by atoms with E-state index in [-0.39, 0.29) is 17.5 Å². The minimum Gasteiger partial charge on any atom is -0.339 e. The van der Waals surface area contributed by atoms with Crippen LogP contribution in [0.4, 0.5) is 0 Å². The number of nitrogens with one attached hydrogen (secondary N) is 1. The molecule has 1 atom stereocenters. The summed E-state index contributed by atoms with van der Waals surface area (Å²) in [6, 6.07) is 7.93. The van der Waals surface area contributed by atoms with Crippen molar-refractivity contribution in [1.82, 2.24) is 14.5 Å². The number of likely N-dealkylation sites (tertiary alicyclic amines) is 1. The molecular formula is C20H23N4O2S2+. The zero-order valence-electron chi connectivity index (χ0n) is 15.8. The zero-order chi connectivity index (χ0) is 19.5. The first-order chi connectivity index (χ1) is 13.6. The van der Waals surface area contributed by atoms with Gasteiger partial charge in [0.05, 0.1) is 11.3 Å². The van der Waals surface area contributed by atoms with E-state index < -0.39 is 0 Å². The highest BCUT2D eigenvalue weighted by Crippen LogP contribution is 2.23. The molecule has 1 fully saturated rings. The lowest BCUT2D eigenvalue weighted by atomic mass is 10.0. The van der Waals surface area contributed by atoms with Crippen LogP contribution in [-0.2, 0) is 11.3 Å². The van der Waals surface area contributed by atoms with Crippen LogP contribution < -0.4 is 10.5 Å². The van der Waals surface area contributed by atoms with Crippen LogP contribution in [0.25, 0.3) is 10.2 Å². The summed E-state index contributed by atoms with van der Waals surface area (Å²) in [7, 11) is 0. The van der Waals surface area contributed by atoms with Gasteiger partial charge in [-0.05, 0) is 37.6 Å². The number of hydrogen-bond donors (Lipinski definition) is 0. The fraction of sp³-hybridized carbons (Fsp3) is 0.400. The number of thioether (sulfide) groups is 1. The van der Waals surface area contributed by atoms with Gasteiger partial charge in [0.2, 0.25) is 5.91 Å². The number of carbonyl (C=O) groups is 1. The van der Waals surface area contributed by atoms with E-state index >= 15 is 0 Å². The van der Waals surface area contributed by atoms with Crippen molar-refractivity contribution < 1.29 is 9.78 Å². The zero-order valence-corrected chi connectivity index (χ0v) is 17.4. The molecule has 0 spiro atoms. The molecule has 8 heteroatoms. The third-order valence-electron chi connectivity index (χ3n) is 5.08. The number of piperidine rings is 1. The lowest BCUT2D eigenvalue weighted by Gasteiger charge is -2.33. The number of nitrogens with zero attached hydrogens (tertiary/aromatic N) is 3. The first-order valence-electron chi connectivity index (χ1n) is 9.49. The van der Waals surface area contributed by atoms with Gasteiger partial charge in [0, 0.05) is 24.7 Å². The van der Waals surface area contributed by atoms with Crippen molar-refractivity contribution in [2.75, 3.05) is 12.3 Å². The fourth-order valence-electron chi connectivity index (χ4n) is 3.55. The maximum Gasteiger partial charge on any atom is 0.272 e. The molecule has 4 rings (SSSR count). The van der Waals surface area contributed by atoms with Crippen molar-refractivity contribution in [2.45, 2.75) is 43.9 Å². The topological polar surface area (TPSA) is 69.3 Å². The number of pyridine rings is 1.